The molecule has 0 radical (unpaired) electrons. The van der Waals surface area contributed by atoms with Gasteiger partial charge >= 0.3 is 227 Å². The van der Waals surface area contributed by atoms with Crippen molar-refractivity contribution in [2.24, 2.45) is 0 Å². The minimum Gasteiger partial charge on any atom is -1.00 e. The number of rotatable bonds is 6. The van der Waals surface area contributed by atoms with E-state index in [-0.39, 0.29) is 24.8 Å². The summed E-state index contributed by atoms with van der Waals surface area (Å²) in [4.78, 5) is 0. The minimum atomic E-state index is -2.80. The maximum Gasteiger partial charge on any atom is -1.00 e. The van der Waals surface area contributed by atoms with Gasteiger partial charge in [-0.15, -0.1) is 0 Å². The fourth-order valence-electron chi connectivity index (χ4n) is 7.98. The number of halogens is 2. The molecule has 2 aromatic rings. The van der Waals surface area contributed by atoms with Gasteiger partial charge in [-0.05, 0) is 0 Å². The summed E-state index contributed by atoms with van der Waals surface area (Å²) in [7, 11) is 0. The summed E-state index contributed by atoms with van der Waals surface area (Å²) in [6, 6.07) is 9.92. The monoisotopic (exact) mass is 628 g/mol. The van der Waals surface area contributed by atoms with E-state index in [2.05, 4.69) is 104 Å². The van der Waals surface area contributed by atoms with Crippen LogP contribution in [0.15, 0.2) is 36.4 Å². The summed E-state index contributed by atoms with van der Waals surface area (Å²) in [6.45, 7) is 19.2. The van der Waals surface area contributed by atoms with Gasteiger partial charge in [0.2, 0.25) is 0 Å². The van der Waals surface area contributed by atoms with E-state index in [1.54, 1.807) is 52.8 Å². The van der Waals surface area contributed by atoms with Crippen LogP contribution in [-0.4, -0.2) is 0 Å². The zero-order chi connectivity index (χ0) is 25.8. The fourth-order valence-corrected chi connectivity index (χ4v) is 23.8. The van der Waals surface area contributed by atoms with E-state index >= 15 is 0 Å². The Morgan fingerprint density at radius 3 is 1.21 bits per heavy atom. The first-order chi connectivity index (χ1) is 17.2. The summed E-state index contributed by atoms with van der Waals surface area (Å²) in [5, 5.41) is 0. The summed E-state index contributed by atoms with van der Waals surface area (Å²) < 4.78 is 4.53. The van der Waals surface area contributed by atoms with E-state index in [1.807, 2.05) is 0 Å². The van der Waals surface area contributed by atoms with Crippen molar-refractivity contribution in [1.29, 1.82) is 0 Å². The van der Waals surface area contributed by atoms with Gasteiger partial charge in [-0.1, -0.05) is 0 Å². The molecule has 1 aliphatic heterocycles. The molecule has 0 N–H and O–H groups in total. The number of benzene rings is 2. The summed E-state index contributed by atoms with van der Waals surface area (Å²) in [5.74, 6) is 2.32. The summed E-state index contributed by atoms with van der Waals surface area (Å²) in [5.41, 5.74) is 13.1. The molecule has 1 saturated heterocycles. The van der Waals surface area contributed by atoms with Crippen LogP contribution in [0, 0.1) is 0 Å². The van der Waals surface area contributed by atoms with Gasteiger partial charge < -0.3 is 24.8 Å². The van der Waals surface area contributed by atoms with E-state index in [0.717, 1.165) is 0 Å². The normalized spacial score (nSPS) is 20.3. The molecule has 0 saturated carbocycles. The first-order valence-electron chi connectivity index (χ1n) is 14.9. The molecule has 5 rings (SSSR count). The first kappa shape index (κ1) is 31.9. The number of hydrogen-bond acceptors (Lipinski definition) is 0. The van der Waals surface area contributed by atoms with Crippen molar-refractivity contribution in [3.8, 4) is 0 Å². The predicted molar refractivity (Wildman–Crippen MR) is 156 cm³/mol. The van der Waals surface area contributed by atoms with Crippen molar-refractivity contribution < 1.29 is 45.1 Å². The number of hydrogen-bond donors (Lipinski definition) is 0. The van der Waals surface area contributed by atoms with Crippen molar-refractivity contribution >= 4 is 12.2 Å². The Bertz CT molecular complexity index is 1110. The van der Waals surface area contributed by atoms with Gasteiger partial charge in [-0.25, -0.2) is 0 Å². The molecule has 2 aliphatic carbocycles. The second-order valence-corrected chi connectivity index (χ2v) is 24.8. The SMILES string of the molecule is CC(C)c1ccc(C(C)C)c2c1C=C[CH]2[Zr+2]1([CH]2C=Cc3c(C(C)C)ccc(C(C)C)c32)[CH2]CCC[CH2]1.[Cl-].[Cl-]. The Kier molecular flexibility index (Phi) is 10.5. The van der Waals surface area contributed by atoms with Gasteiger partial charge in [0.1, 0.15) is 0 Å². The third-order valence-corrected chi connectivity index (χ3v) is 24.5. The van der Waals surface area contributed by atoms with Crippen molar-refractivity contribution in [3.05, 3.63) is 80.9 Å². The zero-order valence-corrected chi connectivity index (χ0v) is 28.8. The largest absolute Gasteiger partial charge is 1.00 e. The third-order valence-electron chi connectivity index (χ3n) is 9.75. The second-order valence-electron chi connectivity index (χ2n) is 13.2. The van der Waals surface area contributed by atoms with Crippen LogP contribution in [0.3, 0.4) is 0 Å². The Hall–Kier alpha value is -0.617. The molecule has 0 aromatic heterocycles. The molecule has 206 valence electrons. The molecule has 3 heteroatoms. The molecular formula is C35H48Cl2Zr. The fraction of sp³-hybridized carbons (Fsp3) is 0.543. The van der Waals surface area contributed by atoms with E-state index in [9.17, 15) is 0 Å². The van der Waals surface area contributed by atoms with Crippen LogP contribution < -0.4 is 24.8 Å². The van der Waals surface area contributed by atoms with Crippen molar-refractivity contribution in [3.63, 3.8) is 0 Å². The van der Waals surface area contributed by atoms with E-state index in [4.69, 9.17) is 0 Å². The minimum absolute atomic E-state index is 0. The molecule has 2 aromatic carbocycles. The number of fused-ring (bicyclic) bond motifs is 2. The van der Waals surface area contributed by atoms with Crippen LogP contribution in [0.5, 0.6) is 0 Å². The molecule has 0 amide bonds. The average Bonchev–Trinajstić information content (AvgIpc) is 3.48. The quantitative estimate of drug-likeness (QED) is 0.412. The van der Waals surface area contributed by atoms with E-state index in [0.29, 0.717) is 30.9 Å². The van der Waals surface area contributed by atoms with Gasteiger partial charge in [0.25, 0.3) is 0 Å². The molecule has 1 fully saturated rings. The Morgan fingerprint density at radius 2 is 0.868 bits per heavy atom. The average molecular weight is 631 g/mol. The zero-order valence-electron chi connectivity index (χ0n) is 24.9. The molecule has 0 spiro atoms. The topological polar surface area (TPSA) is 0 Å². The van der Waals surface area contributed by atoms with Crippen LogP contribution in [0.2, 0.25) is 8.26 Å². The van der Waals surface area contributed by atoms with Crippen LogP contribution in [0.25, 0.3) is 12.2 Å². The van der Waals surface area contributed by atoms with Crippen LogP contribution in [0.4, 0.5) is 0 Å². The van der Waals surface area contributed by atoms with Crippen molar-refractivity contribution in [2.75, 3.05) is 0 Å². The summed E-state index contributed by atoms with van der Waals surface area (Å²) >= 11 is -2.80. The van der Waals surface area contributed by atoms with E-state index in [1.165, 1.54) is 19.3 Å². The third kappa shape index (κ3) is 5.24. The second kappa shape index (κ2) is 12.5. The molecule has 1 heterocycles. The van der Waals surface area contributed by atoms with Crippen LogP contribution in [-0.2, 0) is 20.3 Å². The molecule has 0 nitrogen and oxygen atoms in total. The van der Waals surface area contributed by atoms with Gasteiger partial charge in [0.05, 0.1) is 0 Å². The molecule has 3 aliphatic rings. The summed E-state index contributed by atoms with van der Waals surface area (Å²) in [6.07, 6.45) is 15.0. The Morgan fingerprint density at radius 1 is 0.526 bits per heavy atom. The van der Waals surface area contributed by atoms with Gasteiger partial charge in [0, 0.05) is 0 Å². The van der Waals surface area contributed by atoms with Crippen molar-refractivity contribution in [2.45, 2.75) is 114 Å². The Balaban J connectivity index is 0.00000200. The van der Waals surface area contributed by atoms with Crippen LogP contribution in [0.1, 0.15) is 150 Å². The van der Waals surface area contributed by atoms with E-state index < -0.39 is 20.3 Å². The van der Waals surface area contributed by atoms with Gasteiger partial charge in [-0.2, -0.15) is 0 Å². The molecule has 38 heavy (non-hydrogen) atoms. The standard InChI is InChI=1S/2C15H19.C5H10.2ClH.Zr/c2*1-10(2)12-8-9-13(11(3)4)15-7-5-6-14(12)15;1-3-5-4-2;;;/h2*5-11H,1-4H3;1-5H2;2*1H;/q;;;;;+2/p-2. The smallest absolute Gasteiger partial charge is 1.00 e. The first-order valence-corrected chi connectivity index (χ1v) is 21.2. The Labute approximate surface area is 250 Å². The maximum absolute atomic E-state index is 2.80. The number of allylic oxidation sites excluding steroid dienone is 2. The predicted octanol–water partition coefficient (Wildman–Crippen LogP) is 5.20. The van der Waals surface area contributed by atoms with Crippen molar-refractivity contribution in [1.82, 2.24) is 0 Å². The molecule has 2 unspecified atom stereocenters. The molecular weight excluding hydrogens is 583 g/mol. The van der Waals surface area contributed by atoms with Gasteiger partial charge in [-0.3, -0.25) is 0 Å². The molecule has 0 bridgehead atoms. The maximum atomic E-state index is 2.73. The van der Waals surface area contributed by atoms with Crippen LogP contribution >= 0.6 is 0 Å². The van der Waals surface area contributed by atoms with Gasteiger partial charge in [0.15, 0.2) is 0 Å². The molecule has 2 atom stereocenters.